The summed E-state index contributed by atoms with van der Waals surface area (Å²) in [4.78, 5) is 41.7. The van der Waals surface area contributed by atoms with E-state index in [-0.39, 0.29) is 29.2 Å². The van der Waals surface area contributed by atoms with Crippen LogP contribution in [0.3, 0.4) is 0 Å². The second kappa shape index (κ2) is 9.02. The number of fused-ring (bicyclic) bond motifs is 1. The summed E-state index contributed by atoms with van der Waals surface area (Å²) in [5.41, 5.74) is 2.77. The zero-order valence-corrected chi connectivity index (χ0v) is 19.3. The zero-order valence-electron chi connectivity index (χ0n) is 19.3. The lowest BCUT2D eigenvalue weighted by Gasteiger charge is -2.16. The predicted molar refractivity (Wildman–Crippen MR) is 125 cm³/mol. The molecule has 1 aliphatic carbocycles. The Labute approximate surface area is 186 Å². The molecule has 1 amide bonds. The Morgan fingerprint density at radius 3 is 2.47 bits per heavy atom. The SMILES string of the molecule is CCC(=O)Nc1cc2c(cn1)cc(C1=CC(C)=C(C)C(C(=O)CC)C(F)=C1C)c(=O)n2C. The number of anilines is 1. The third-order valence-corrected chi connectivity index (χ3v) is 6.09. The quantitative estimate of drug-likeness (QED) is 0.725. The van der Waals surface area contributed by atoms with Gasteiger partial charge in [-0.05, 0) is 38.0 Å². The van der Waals surface area contributed by atoms with Gasteiger partial charge in [0.1, 0.15) is 17.4 Å². The number of aryl methyl sites for hydroxylation is 1. The smallest absolute Gasteiger partial charge is 0.258 e. The number of hydrogen-bond donors (Lipinski definition) is 1. The fraction of sp³-hybridized carbons (Fsp3) is 0.360. The number of pyridine rings is 2. The summed E-state index contributed by atoms with van der Waals surface area (Å²) >= 11 is 0. The third kappa shape index (κ3) is 4.07. The van der Waals surface area contributed by atoms with Gasteiger partial charge in [0.25, 0.3) is 5.56 Å². The number of nitrogens with one attached hydrogen (secondary N) is 1. The zero-order chi connectivity index (χ0) is 23.7. The van der Waals surface area contributed by atoms with Crippen LogP contribution in [0.2, 0.25) is 0 Å². The number of carbonyl (C=O) groups is 2. The molecular formula is C25H28FN3O3. The van der Waals surface area contributed by atoms with Gasteiger partial charge >= 0.3 is 0 Å². The van der Waals surface area contributed by atoms with Crippen molar-refractivity contribution in [2.75, 3.05) is 5.32 Å². The Bertz CT molecular complexity index is 1280. The molecule has 1 aliphatic rings. The van der Waals surface area contributed by atoms with Crippen molar-refractivity contribution in [2.24, 2.45) is 13.0 Å². The summed E-state index contributed by atoms with van der Waals surface area (Å²) in [6.45, 7) is 8.65. The summed E-state index contributed by atoms with van der Waals surface area (Å²) in [5.74, 6) is -1.45. The van der Waals surface area contributed by atoms with Crippen LogP contribution in [0.25, 0.3) is 16.5 Å². The average molecular weight is 438 g/mol. The fourth-order valence-corrected chi connectivity index (χ4v) is 3.93. The van der Waals surface area contributed by atoms with E-state index in [1.54, 1.807) is 59.1 Å². The summed E-state index contributed by atoms with van der Waals surface area (Å²) in [6.07, 6.45) is 3.90. The standard InChI is InChI=1S/C25H28FN3O3/c1-7-20(30)23-14(4)13(3)9-17(15(5)24(23)26)18-10-16-12-27-21(28-22(31)8-2)11-19(16)29(6)25(18)32/h9-12,23H,7-8H2,1-6H3,(H,27,28,31). The van der Waals surface area contributed by atoms with Crippen LogP contribution in [0, 0.1) is 5.92 Å². The van der Waals surface area contributed by atoms with Crippen molar-refractivity contribution < 1.29 is 14.0 Å². The van der Waals surface area contributed by atoms with Gasteiger partial charge in [-0.2, -0.15) is 0 Å². The van der Waals surface area contributed by atoms with Crippen LogP contribution < -0.4 is 10.9 Å². The average Bonchev–Trinajstić information content (AvgIpc) is 2.86. The lowest BCUT2D eigenvalue weighted by atomic mass is 9.89. The Morgan fingerprint density at radius 1 is 1.16 bits per heavy atom. The minimum atomic E-state index is -0.926. The molecular weight excluding hydrogens is 409 g/mol. The van der Waals surface area contributed by atoms with Gasteiger partial charge in [-0.25, -0.2) is 9.37 Å². The van der Waals surface area contributed by atoms with Crippen molar-refractivity contribution in [1.29, 1.82) is 0 Å². The maximum absolute atomic E-state index is 15.5. The normalized spacial score (nSPS) is 16.8. The largest absolute Gasteiger partial charge is 0.311 e. The molecule has 0 saturated heterocycles. The molecule has 0 fully saturated rings. The van der Waals surface area contributed by atoms with Gasteiger partial charge in [0.05, 0.1) is 11.4 Å². The first-order valence-electron chi connectivity index (χ1n) is 10.7. The van der Waals surface area contributed by atoms with Crippen LogP contribution >= 0.6 is 0 Å². The van der Waals surface area contributed by atoms with Crippen molar-refractivity contribution in [3.05, 3.63) is 62.9 Å². The highest BCUT2D eigenvalue weighted by Crippen LogP contribution is 2.38. The highest BCUT2D eigenvalue weighted by molar-refractivity contribution is 5.94. The number of amides is 1. The summed E-state index contributed by atoms with van der Waals surface area (Å²) in [5, 5.41) is 3.36. The second-order valence-corrected chi connectivity index (χ2v) is 8.10. The number of rotatable bonds is 5. The number of ketones is 1. The Morgan fingerprint density at radius 2 is 1.84 bits per heavy atom. The molecule has 2 aromatic rings. The summed E-state index contributed by atoms with van der Waals surface area (Å²) < 4.78 is 16.9. The van der Waals surface area contributed by atoms with E-state index in [2.05, 4.69) is 10.3 Å². The molecule has 32 heavy (non-hydrogen) atoms. The molecule has 1 unspecified atom stereocenters. The van der Waals surface area contributed by atoms with Crippen LogP contribution in [0.5, 0.6) is 0 Å². The molecule has 2 heterocycles. The molecule has 3 rings (SSSR count). The lowest BCUT2D eigenvalue weighted by Crippen LogP contribution is -2.22. The highest BCUT2D eigenvalue weighted by Gasteiger charge is 2.30. The molecule has 7 heteroatoms. The number of halogens is 1. The number of allylic oxidation sites excluding steroid dienone is 6. The molecule has 0 bridgehead atoms. The molecule has 168 valence electrons. The van der Waals surface area contributed by atoms with Crippen molar-refractivity contribution in [3.63, 3.8) is 0 Å². The van der Waals surface area contributed by atoms with Crippen LogP contribution in [0.15, 0.2) is 51.7 Å². The number of carbonyl (C=O) groups excluding carboxylic acids is 2. The van der Waals surface area contributed by atoms with E-state index in [9.17, 15) is 14.4 Å². The maximum atomic E-state index is 15.5. The van der Waals surface area contributed by atoms with Crippen LogP contribution in [-0.2, 0) is 16.6 Å². The van der Waals surface area contributed by atoms with Gasteiger partial charge in [0.15, 0.2) is 0 Å². The molecule has 0 aromatic carbocycles. The fourth-order valence-electron chi connectivity index (χ4n) is 3.93. The molecule has 1 N–H and O–H groups in total. The van der Waals surface area contributed by atoms with Gasteiger partial charge < -0.3 is 9.88 Å². The van der Waals surface area contributed by atoms with Gasteiger partial charge in [-0.1, -0.05) is 31.1 Å². The molecule has 0 saturated carbocycles. The van der Waals surface area contributed by atoms with E-state index in [1.807, 2.05) is 6.92 Å². The monoisotopic (exact) mass is 437 g/mol. The van der Waals surface area contributed by atoms with Gasteiger partial charge in [-0.3, -0.25) is 14.4 Å². The van der Waals surface area contributed by atoms with E-state index in [4.69, 9.17) is 0 Å². The van der Waals surface area contributed by atoms with Crippen LogP contribution in [-0.4, -0.2) is 21.2 Å². The summed E-state index contributed by atoms with van der Waals surface area (Å²) in [6, 6.07) is 3.33. The van der Waals surface area contributed by atoms with E-state index >= 15 is 4.39 Å². The highest BCUT2D eigenvalue weighted by atomic mass is 19.1. The summed E-state index contributed by atoms with van der Waals surface area (Å²) in [7, 11) is 1.63. The molecule has 1 atom stereocenters. The second-order valence-electron chi connectivity index (χ2n) is 8.10. The van der Waals surface area contributed by atoms with Gasteiger partial charge in [0.2, 0.25) is 5.91 Å². The van der Waals surface area contributed by atoms with E-state index in [0.717, 1.165) is 5.57 Å². The predicted octanol–water partition coefficient (Wildman–Crippen LogP) is 4.85. The minimum absolute atomic E-state index is 0.174. The first-order valence-corrected chi connectivity index (χ1v) is 10.7. The maximum Gasteiger partial charge on any atom is 0.258 e. The topological polar surface area (TPSA) is 81.1 Å². The minimum Gasteiger partial charge on any atom is -0.311 e. The Hall–Kier alpha value is -3.35. The first-order chi connectivity index (χ1) is 15.1. The van der Waals surface area contributed by atoms with Crippen molar-refractivity contribution >= 4 is 34.0 Å². The van der Waals surface area contributed by atoms with Crippen molar-refractivity contribution in [2.45, 2.75) is 47.5 Å². The molecule has 0 spiro atoms. The molecule has 0 aliphatic heterocycles. The third-order valence-electron chi connectivity index (χ3n) is 6.09. The van der Waals surface area contributed by atoms with E-state index in [1.165, 1.54) is 4.57 Å². The lowest BCUT2D eigenvalue weighted by molar-refractivity contribution is -0.121. The van der Waals surface area contributed by atoms with Crippen molar-refractivity contribution in [3.8, 4) is 0 Å². The van der Waals surface area contributed by atoms with Crippen LogP contribution in [0.1, 0.15) is 53.0 Å². The Balaban J connectivity index is 2.22. The molecule has 0 radical (unpaired) electrons. The van der Waals surface area contributed by atoms with Crippen molar-refractivity contribution in [1.82, 2.24) is 9.55 Å². The number of Topliss-reactive ketones (excluding diaryl/α,β-unsaturated/α-hetero) is 1. The van der Waals surface area contributed by atoms with E-state index in [0.29, 0.717) is 39.9 Å². The first kappa shape index (κ1) is 23.3. The molecule has 2 aromatic heterocycles. The number of nitrogens with zero attached hydrogens (tertiary/aromatic N) is 2. The Kier molecular flexibility index (Phi) is 6.57. The molecule has 6 nitrogen and oxygen atoms in total. The van der Waals surface area contributed by atoms with Gasteiger partial charge in [-0.15, -0.1) is 0 Å². The van der Waals surface area contributed by atoms with Gasteiger partial charge in [0, 0.05) is 43.1 Å². The van der Waals surface area contributed by atoms with Crippen LogP contribution in [0.4, 0.5) is 10.2 Å². The number of aromatic nitrogens is 2. The van der Waals surface area contributed by atoms with E-state index < -0.39 is 11.7 Å². The number of hydrogen-bond acceptors (Lipinski definition) is 4.